The molecule has 0 radical (unpaired) electrons. The first-order chi connectivity index (χ1) is 10.7. The first-order valence-corrected chi connectivity index (χ1v) is 7.52. The highest BCUT2D eigenvalue weighted by Crippen LogP contribution is 2.11. The van der Waals surface area contributed by atoms with Crippen LogP contribution in [0.15, 0.2) is 0 Å². The Morgan fingerprint density at radius 2 is 1.54 bits per heavy atom. The monoisotopic (exact) mass is 345 g/mol. The quantitative estimate of drug-likeness (QED) is 0.530. The molecular weight excluding hydrogens is 318 g/mol. The number of hydrogen-bond donors (Lipinski definition) is 3. The highest BCUT2D eigenvalue weighted by Gasteiger charge is 2.27. The molecular formula is C15H27N3O6. The van der Waals surface area contributed by atoms with Crippen LogP contribution in [0.2, 0.25) is 0 Å². The Morgan fingerprint density at radius 1 is 1.04 bits per heavy atom. The van der Waals surface area contributed by atoms with Gasteiger partial charge in [-0.1, -0.05) is 0 Å². The summed E-state index contributed by atoms with van der Waals surface area (Å²) in [5.41, 5.74) is -1.56. The van der Waals surface area contributed by atoms with Crippen LogP contribution >= 0.6 is 0 Å². The fourth-order valence-electron chi connectivity index (χ4n) is 1.47. The lowest BCUT2D eigenvalue weighted by Gasteiger charge is -2.28. The van der Waals surface area contributed by atoms with Crippen LogP contribution in [-0.2, 0) is 14.3 Å². The smallest absolute Gasteiger partial charge is 0.417 e. The Kier molecular flexibility index (Phi) is 7.69. The Balaban J connectivity index is 4.95. The number of nitrogens with one attached hydrogen (secondary N) is 2. The number of ether oxygens (including phenoxy) is 2. The molecule has 0 heterocycles. The summed E-state index contributed by atoms with van der Waals surface area (Å²) in [4.78, 5) is 35.3. The van der Waals surface area contributed by atoms with Crippen molar-refractivity contribution in [2.45, 2.75) is 65.6 Å². The van der Waals surface area contributed by atoms with E-state index in [4.69, 9.17) is 20.0 Å². The summed E-state index contributed by atoms with van der Waals surface area (Å²) in [6.07, 6.45) is -1.82. The summed E-state index contributed by atoms with van der Waals surface area (Å²) >= 11 is 0. The van der Waals surface area contributed by atoms with E-state index in [1.54, 1.807) is 41.5 Å². The largest absolute Gasteiger partial charge is 0.481 e. The van der Waals surface area contributed by atoms with Crippen molar-refractivity contribution >= 4 is 24.1 Å². The molecule has 0 aromatic heterocycles. The van der Waals surface area contributed by atoms with Crippen molar-refractivity contribution in [3.63, 3.8) is 0 Å². The third-order valence-corrected chi connectivity index (χ3v) is 2.28. The second kappa shape index (κ2) is 8.51. The van der Waals surface area contributed by atoms with Gasteiger partial charge in [-0.25, -0.2) is 14.5 Å². The number of carboxylic acids is 1. The predicted molar refractivity (Wildman–Crippen MR) is 86.9 cm³/mol. The first-order valence-electron chi connectivity index (χ1n) is 7.52. The maximum absolute atomic E-state index is 12.2. The van der Waals surface area contributed by atoms with Gasteiger partial charge < -0.3 is 14.6 Å². The lowest BCUT2D eigenvalue weighted by atomic mass is 10.2. The lowest BCUT2D eigenvalue weighted by molar-refractivity contribution is -0.137. The molecule has 0 aromatic rings. The molecule has 9 heteroatoms. The Morgan fingerprint density at radius 3 is 1.96 bits per heavy atom. The van der Waals surface area contributed by atoms with Crippen LogP contribution in [0.25, 0.3) is 0 Å². The fourth-order valence-corrected chi connectivity index (χ4v) is 1.47. The zero-order valence-electron chi connectivity index (χ0n) is 15.1. The van der Waals surface area contributed by atoms with Crippen LogP contribution in [0.1, 0.15) is 54.4 Å². The topological polar surface area (TPSA) is 129 Å². The van der Waals surface area contributed by atoms with Crippen molar-refractivity contribution in [3.8, 4) is 0 Å². The molecule has 9 nitrogen and oxygen atoms in total. The summed E-state index contributed by atoms with van der Waals surface area (Å²) in [6.45, 7) is 9.87. The van der Waals surface area contributed by atoms with Crippen molar-refractivity contribution < 1.29 is 29.0 Å². The van der Waals surface area contributed by atoms with Crippen LogP contribution in [0.5, 0.6) is 0 Å². The number of guanidine groups is 1. The number of nitrogens with zero attached hydrogens (tertiary/aromatic N) is 1. The van der Waals surface area contributed by atoms with Gasteiger partial charge in [0.1, 0.15) is 11.2 Å². The minimum atomic E-state index is -1.02. The molecule has 138 valence electrons. The highest BCUT2D eigenvalue weighted by atomic mass is 16.6. The van der Waals surface area contributed by atoms with Gasteiger partial charge in [0, 0.05) is 13.0 Å². The van der Waals surface area contributed by atoms with Crippen molar-refractivity contribution in [1.82, 2.24) is 10.2 Å². The van der Waals surface area contributed by atoms with Gasteiger partial charge >= 0.3 is 18.2 Å². The number of carboxylic acid groups (broad SMARTS) is 1. The Labute approximate surface area is 141 Å². The predicted octanol–water partition coefficient (Wildman–Crippen LogP) is 2.55. The van der Waals surface area contributed by atoms with E-state index in [1.165, 1.54) is 0 Å². The maximum atomic E-state index is 12.2. The molecule has 2 amide bonds. The van der Waals surface area contributed by atoms with Gasteiger partial charge in [0.2, 0.25) is 5.96 Å². The van der Waals surface area contributed by atoms with E-state index < -0.39 is 35.3 Å². The summed E-state index contributed by atoms with van der Waals surface area (Å²) in [7, 11) is 0. The molecule has 0 spiro atoms. The van der Waals surface area contributed by atoms with E-state index in [1.807, 2.05) is 0 Å². The molecule has 0 rings (SSSR count). The summed E-state index contributed by atoms with van der Waals surface area (Å²) in [6, 6.07) is 0. The van der Waals surface area contributed by atoms with Crippen molar-refractivity contribution in [3.05, 3.63) is 0 Å². The molecule has 24 heavy (non-hydrogen) atoms. The molecule has 0 fully saturated rings. The third-order valence-electron chi connectivity index (χ3n) is 2.28. The summed E-state index contributed by atoms with van der Waals surface area (Å²) < 4.78 is 10.2. The Hall–Kier alpha value is -2.32. The van der Waals surface area contributed by atoms with Gasteiger partial charge in [0.15, 0.2) is 0 Å². The lowest BCUT2D eigenvalue weighted by Crippen LogP contribution is -2.49. The van der Waals surface area contributed by atoms with Gasteiger partial charge in [-0.05, 0) is 48.0 Å². The standard InChI is InChI=1S/C15H27N3O6/c1-14(2,3)23-12(21)17-11(16)18(9-7-8-10(19)20)13(22)24-15(4,5)6/h7-9H2,1-6H3,(H,19,20)(H2,16,17,21). The zero-order chi connectivity index (χ0) is 19.1. The third kappa shape index (κ3) is 10.4. The highest BCUT2D eigenvalue weighted by molar-refractivity contribution is 5.99. The molecule has 0 aliphatic heterocycles. The molecule has 0 atom stereocenters. The van der Waals surface area contributed by atoms with Crippen LogP contribution < -0.4 is 5.32 Å². The van der Waals surface area contributed by atoms with E-state index in [2.05, 4.69) is 5.32 Å². The average Bonchev–Trinajstić information content (AvgIpc) is 2.28. The van der Waals surface area contributed by atoms with E-state index in [0.29, 0.717) is 0 Å². The molecule has 0 aromatic carbocycles. The number of rotatable bonds is 4. The SMILES string of the molecule is CC(C)(C)OC(=O)NC(=N)N(CCCC(=O)O)C(=O)OC(C)(C)C. The molecule has 0 saturated heterocycles. The molecule has 3 N–H and O–H groups in total. The fraction of sp³-hybridized carbons (Fsp3) is 0.733. The van der Waals surface area contributed by atoms with E-state index in [9.17, 15) is 14.4 Å². The first kappa shape index (κ1) is 21.7. The summed E-state index contributed by atoms with van der Waals surface area (Å²) in [5, 5.41) is 18.7. The van der Waals surface area contributed by atoms with Gasteiger partial charge in [-0.2, -0.15) is 0 Å². The van der Waals surface area contributed by atoms with E-state index >= 15 is 0 Å². The van der Waals surface area contributed by atoms with Crippen LogP contribution in [-0.4, -0.2) is 51.9 Å². The normalized spacial score (nSPS) is 11.4. The van der Waals surface area contributed by atoms with Crippen LogP contribution in [0.4, 0.5) is 9.59 Å². The zero-order valence-corrected chi connectivity index (χ0v) is 15.1. The molecule has 0 aliphatic rings. The number of hydrogen-bond acceptors (Lipinski definition) is 6. The van der Waals surface area contributed by atoms with Crippen molar-refractivity contribution in [2.24, 2.45) is 0 Å². The van der Waals surface area contributed by atoms with Crippen LogP contribution in [0.3, 0.4) is 0 Å². The van der Waals surface area contributed by atoms with Crippen molar-refractivity contribution in [2.75, 3.05) is 6.54 Å². The average molecular weight is 345 g/mol. The minimum Gasteiger partial charge on any atom is -0.481 e. The number of carbonyl (C=O) groups excluding carboxylic acids is 2. The molecule has 0 aliphatic carbocycles. The van der Waals surface area contributed by atoms with Gasteiger partial charge in [0.25, 0.3) is 0 Å². The number of aliphatic carboxylic acids is 1. The molecule has 0 bridgehead atoms. The number of carbonyl (C=O) groups is 3. The molecule has 0 saturated carbocycles. The van der Waals surface area contributed by atoms with Gasteiger partial charge in [-0.3, -0.25) is 15.5 Å². The van der Waals surface area contributed by atoms with E-state index in [0.717, 1.165) is 4.90 Å². The van der Waals surface area contributed by atoms with E-state index in [-0.39, 0.29) is 19.4 Å². The minimum absolute atomic E-state index is 0.0875. The van der Waals surface area contributed by atoms with Gasteiger partial charge in [0.05, 0.1) is 0 Å². The number of amides is 2. The Bertz CT molecular complexity index is 490. The second-order valence-corrected chi connectivity index (χ2v) is 7.10. The van der Waals surface area contributed by atoms with Gasteiger partial charge in [-0.15, -0.1) is 0 Å². The van der Waals surface area contributed by atoms with Crippen molar-refractivity contribution in [1.29, 1.82) is 5.41 Å². The summed E-state index contributed by atoms with van der Waals surface area (Å²) in [5.74, 6) is -1.56. The van der Waals surface area contributed by atoms with Crippen LogP contribution in [0, 0.1) is 5.41 Å². The molecule has 0 unspecified atom stereocenters. The maximum Gasteiger partial charge on any atom is 0.417 e. The number of alkyl carbamates (subject to hydrolysis) is 1. The second-order valence-electron chi connectivity index (χ2n) is 7.10.